The summed E-state index contributed by atoms with van der Waals surface area (Å²) in [5.41, 5.74) is 3.86. The number of halogens is 1. The number of hydrogen-bond acceptors (Lipinski definition) is 1. The molecule has 0 saturated carbocycles. The van der Waals surface area contributed by atoms with E-state index in [0.717, 1.165) is 17.5 Å². The van der Waals surface area contributed by atoms with Crippen molar-refractivity contribution in [1.82, 2.24) is 5.32 Å². The smallest absolute Gasteiger partial charge is 0.0438 e. The molecule has 0 amide bonds. The lowest BCUT2D eigenvalue weighted by molar-refractivity contribution is 0.407. The Morgan fingerprint density at radius 2 is 1.83 bits per heavy atom. The highest BCUT2D eigenvalue weighted by atomic mass is 35.5. The van der Waals surface area contributed by atoms with E-state index in [2.05, 4.69) is 52.1 Å². The van der Waals surface area contributed by atoms with Crippen LogP contribution in [-0.4, -0.2) is 6.54 Å². The highest BCUT2D eigenvalue weighted by molar-refractivity contribution is 6.31. The van der Waals surface area contributed by atoms with Gasteiger partial charge in [0.2, 0.25) is 0 Å². The van der Waals surface area contributed by atoms with Gasteiger partial charge in [-0.2, -0.15) is 0 Å². The van der Waals surface area contributed by atoms with E-state index in [4.69, 9.17) is 11.6 Å². The number of rotatable bonds is 6. The average Bonchev–Trinajstić information content (AvgIpc) is 2.33. The molecular weight excluding hydrogens is 242 g/mol. The minimum atomic E-state index is 0.445. The van der Waals surface area contributed by atoms with Crippen molar-refractivity contribution in [3.8, 4) is 0 Å². The Morgan fingerprint density at radius 1 is 1.17 bits per heavy atom. The summed E-state index contributed by atoms with van der Waals surface area (Å²) in [6.45, 7) is 12.0. The number of benzene rings is 1. The van der Waals surface area contributed by atoms with Crippen molar-refractivity contribution >= 4 is 11.6 Å². The summed E-state index contributed by atoms with van der Waals surface area (Å²) in [5, 5.41) is 4.48. The third-order valence-corrected chi connectivity index (χ3v) is 4.12. The molecule has 0 aliphatic carbocycles. The van der Waals surface area contributed by atoms with Gasteiger partial charge in [0.05, 0.1) is 0 Å². The Labute approximate surface area is 117 Å². The Kier molecular flexibility index (Phi) is 6.17. The third-order valence-electron chi connectivity index (χ3n) is 3.71. The maximum Gasteiger partial charge on any atom is 0.0438 e. The second-order valence-corrected chi connectivity index (χ2v) is 5.72. The van der Waals surface area contributed by atoms with Gasteiger partial charge in [-0.1, -0.05) is 44.9 Å². The average molecular weight is 268 g/mol. The van der Waals surface area contributed by atoms with E-state index in [9.17, 15) is 0 Å². The number of nitrogens with one attached hydrogen (secondary N) is 1. The first-order valence-electron chi connectivity index (χ1n) is 6.99. The molecule has 2 atom stereocenters. The molecule has 0 saturated heterocycles. The Bertz CT molecular complexity index is 387. The molecule has 0 aliphatic rings. The molecule has 102 valence electrons. The summed E-state index contributed by atoms with van der Waals surface area (Å²) >= 11 is 6.18. The van der Waals surface area contributed by atoms with Crippen molar-refractivity contribution in [1.29, 1.82) is 0 Å². The lowest BCUT2D eigenvalue weighted by Gasteiger charge is -2.24. The van der Waals surface area contributed by atoms with Gasteiger partial charge in [0.15, 0.2) is 0 Å². The predicted molar refractivity (Wildman–Crippen MR) is 81.4 cm³/mol. The lowest BCUT2D eigenvalue weighted by atomic mass is 9.91. The summed E-state index contributed by atoms with van der Waals surface area (Å²) in [6.07, 6.45) is 2.42. The first kappa shape index (κ1) is 15.5. The number of hydrogen-bond donors (Lipinski definition) is 1. The first-order valence-corrected chi connectivity index (χ1v) is 7.37. The molecule has 2 heteroatoms. The molecule has 1 rings (SSSR count). The van der Waals surface area contributed by atoms with Crippen LogP contribution < -0.4 is 5.32 Å². The predicted octanol–water partition coefficient (Wildman–Crippen LogP) is 5.04. The fourth-order valence-corrected chi connectivity index (χ4v) is 2.53. The molecule has 1 nitrogen and oxygen atoms in total. The van der Waals surface area contributed by atoms with Crippen molar-refractivity contribution in [2.75, 3.05) is 6.54 Å². The monoisotopic (exact) mass is 267 g/mol. The maximum absolute atomic E-state index is 6.18. The Morgan fingerprint density at radius 3 is 2.39 bits per heavy atom. The third kappa shape index (κ3) is 4.00. The van der Waals surface area contributed by atoms with Crippen molar-refractivity contribution < 1.29 is 0 Å². The summed E-state index contributed by atoms with van der Waals surface area (Å²) in [6, 6.07) is 4.78. The molecular formula is C16H26ClN. The fourth-order valence-electron chi connectivity index (χ4n) is 2.31. The van der Waals surface area contributed by atoms with Crippen LogP contribution in [0.4, 0.5) is 0 Å². The summed E-state index contributed by atoms with van der Waals surface area (Å²) in [7, 11) is 0. The van der Waals surface area contributed by atoms with Crippen molar-refractivity contribution in [3.63, 3.8) is 0 Å². The van der Waals surface area contributed by atoms with Gasteiger partial charge in [-0.3, -0.25) is 0 Å². The van der Waals surface area contributed by atoms with Crippen molar-refractivity contribution in [2.24, 2.45) is 5.92 Å². The summed E-state index contributed by atoms with van der Waals surface area (Å²) in [4.78, 5) is 0. The minimum absolute atomic E-state index is 0.445. The highest BCUT2D eigenvalue weighted by Crippen LogP contribution is 2.29. The molecule has 0 aromatic heterocycles. The second kappa shape index (κ2) is 7.16. The van der Waals surface area contributed by atoms with Gasteiger partial charge in [-0.15, -0.1) is 0 Å². The molecule has 0 fully saturated rings. The molecule has 0 spiro atoms. The Balaban J connectivity index is 3.01. The minimum Gasteiger partial charge on any atom is -0.310 e. The zero-order valence-corrected chi connectivity index (χ0v) is 13.1. The van der Waals surface area contributed by atoms with Crippen molar-refractivity contribution in [3.05, 3.63) is 33.8 Å². The zero-order valence-electron chi connectivity index (χ0n) is 12.3. The van der Waals surface area contributed by atoms with E-state index in [1.54, 1.807) is 0 Å². The normalized spacial score (nSPS) is 14.6. The second-order valence-electron chi connectivity index (χ2n) is 5.32. The fraction of sp³-hybridized carbons (Fsp3) is 0.625. The molecule has 18 heavy (non-hydrogen) atoms. The van der Waals surface area contributed by atoms with Gasteiger partial charge in [0.25, 0.3) is 0 Å². The molecule has 0 aliphatic heterocycles. The summed E-state index contributed by atoms with van der Waals surface area (Å²) < 4.78 is 0. The first-order chi connectivity index (χ1) is 8.49. The van der Waals surface area contributed by atoms with Crippen LogP contribution >= 0.6 is 11.6 Å². The van der Waals surface area contributed by atoms with Gasteiger partial charge in [-0.25, -0.2) is 0 Å². The van der Waals surface area contributed by atoms with E-state index in [1.807, 2.05) is 0 Å². The molecule has 1 aromatic rings. The van der Waals surface area contributed by atoms with Crippen LogP contribution in [0, 0.1) is 19.8 Å². The topological polar surface area (TPSA) is 12.0 Å². The zero-order chi connectivity index (χ0) is 13.7. The largest absolute Gasteiger partial charge is 0.310 e. The molecule has 0 radical (unpaired) electrons. The molecule has 0 bridgehead atoms. The quantitative estimate of drug-likeness (QED) is 0.761. The van der Waals surface area contributed by atoms with E-state index in [-0.39, 0.29) is 0 Å². The van der Waals surface area contributed by atoms with Gasteiger partial charge in [0, 0.05) is 11.1 Å². The van der Waals surface area contributed by atoms with E-state index in [1.165, 1.54) is 29.5 Å². The maximum atomic E-state index is 6.18. The number of aryl methyl sites for hydroxylation is 2. The van der Waals surface area contributed by atoms with Crippen LogP contribution in [0.3, 0.4) is 0 Å². The van der Waals surface area contributed by atoms with Crippen LogP contribution in [0.15, 0.2) is 12.1 Å². The van der Waals surface area contributed by atoms with Gasteiger partial charge >= 0.3 is 0 Å². The van der Waals surface area contributed by atoms with Crippen LogP contribution in [0.2, 0.25) is 5.02 Å². The molecule has 0 heterocycles. The van der Waals surface area contributed by atoms with Gasteiger partial charge in [0.1, 0.15) is 0 Å². The standard InChI is InChI=1S/C16H26ClN/c1-6-11(3)8-16(18-7-2)14-9-13(5)15(17)10-12(14)4/h9-11,16,18H,6-8H2,1-5H3. The van der Waals surface area contributed by atoms with Crippen molar-refractivity contribution in [2.45, 2.75) is 53.5 Å². The van der Waals surface area contributed by atoms with E-state index in [0.29, 0.717) is 6.04 Å². The van der Waals surface area contributed by atoms with Gasteiger partial charge in [-0.05, 0) is 55.5 Å². The SMILES string of the molecule is CCNC(CC(C)CC)c1cc(C)c(Cl)cc1C. The van der Waals surface area contributed by atoms with Crippen LogP contribution in [0.1, 0.15) is 56.3 Å². The molecule has 2 unspecified atom stereocenters. The van der Waals surface area contributed by atoms with Crippen LogP contribution in [0.25, 0.3) is 0 Å². The van der Waals surface area contributed by atoms with E-state index >= 15 is 0 Å². The Hall–Kier alpha value is -0.530. The van der Waals surface area contributed by atoms with Crippen LogP contribution in [0.5, 0.6) is 0 Å². The highest BCUT2D eigenvalue weighted by Gasteiger charge is 2.16. The molecule has 1 aromatic carbocycles. The van der Waals surface area contributed by atoms with E-state index < -0.39 is 0 Å². The van der Waals surface area contributed by atoms with Crippen LogP contribution in [-0.2, 0) is 0 Å². The molecule has 1 N–H and O–H groups in total. The summed E-state index contributed by atoms with van der Waals surface area (Å²) in [5.74, 6) is 0.740. The lowest BCUT2D eigenvalue weighted by Crippen LogP contribution is -2.23. The van der Waals surface area contributed by atoms with Gasteiger partial charge < -0.3 is 5.32 Å².